The minimum Gasteiger partial charge on any atom is -0.481 e. The number of hydrogen-bond donors (Lipinski definition) is 1. The Hall–Kier alpha value is -1.82. The number of carboxylic acid groups (broad SMARTS) is 1. The highest BCUT2D eigenvalue weighted by atomic mass is 16.4. The van der Waals surface area contributed by atoms with E-state index in [-0.39, 0.29) is 6.42 Å². The summed E-state index contributed by atoms with van der Waals surface area (Å²) in [5, 5.41) is 17.3. The molecule has 66 valence electrons. The highest BCUT2D eigenvalue weighted by Crippen LogP contribution is 2.13. The minimum absolute atomic E-state index is 0.0264. The van der Waals surface area contributed by atoms with Crippen molar-refractivity contribution in [2.45, 2.75) is 13.3 Å². The van der Waals surface area contributed by atoms with E-state index in [2.05, 4.69) is 0 Å². The molecule has 0 fully saturated rings. The SMILES string of the molecule is Cc1c(C#N)cccc1CC(=O)O. The molecule has 3 heteroatoms. The molecule has 0 saturated carbocycles. The second-order valence-electron chi connectivity index (χ2n) is 2.77. The lowest BCUT2D eigenvalue weighted by molar-refractivity contribution is -0.136. The van der Waals surface area contributed by atoms with E-state index in [0.29, 0.717) is 11.1 Å². The summed E-state index contributed by atoms with van der Waals surface area (Å²) in [5.41, 5.74) is 2.00. The largest absolute Gasteiger partial charge is 0.481 e. The van der Waals surface area contributed by atoms with Gasteiger partial charge in [-0.15, -0.1) is 0 Å². The molecule has 0 saturated heterocycles. The third-order valence-electron chi connectivity index (χ3n) is 1.91. The maximum atomic E-state index is 10.4. The molecule has 0 aliphatic carbocycles. The first-order valence-corrected chi connectivity index (χ1v) is 3.85. The first-order valence-electron chi connectivity index (χ1n) is 3.85. The standard InChI is InChI=1S/C10H9NO2/c1-7-8(5-10(12)13)3-2-4-9(7)6-11/h2-4H,5H2,1H3,(H,12,13). The van der Waals surface area contributed by atoms with Gasteiger partial charge in [0.25, 0.3) is 0 Å². The average Bonchev–Trinajstić information content (AvgIpc) is 2.08. The summed E-state index contributed by atoms with van der Waals surface area (Å²) in [5.74, 6) is -0.877. The van der Waals surface area contributed by atoms with Crippen molar-refractivity contribution >= 4 is 5.97 Å². The monoisotopic (exact) mass is 175 g/mol. The highest BCUT2D eigenvalue weighted by Gasteiger charge is 2.06. The van der Waals surface area contributed by atoms with E-state index < -0.39 is 5.97 Å². The van der Waals surface area contributed by atoms with Gasteiger partial charge in [-0.3, -0.25) is 4.79 Å². The van der Waals surface area contributed by atoms with Gasteiger partial charge in [0.1, 0.15) is 0 Å². The Kier molecular flexibility index (Phi) is 2.65. The van der Waals surface area contributed by atoms with Gasteiger partial charge in [0.05, 0.1) is 18.1 Å². The molecule has 3 nitrogen and oxygen atoms in total. The van der Waals surface area contributed by atoms with Crippen molar-refractivity contribution in [2.75, 3.05) is 0 Å². The van der Waals surface area contributed by atoms with E-state index in [1.54, 1.807) is 25.1 Å². The number of carboxylic acids is 1. The lowest BCUT2D eigenvalue weighted by Crippen LogP contribution is -2.02. The van der Waals surface area contributed by atoms with Crippen LogP contribution in [0.2, 0.25) is 0 Å². The molecular formula is C10H9NO2. The smallest absolute Gasteiger partial charge is 0.307 e. The first-order chi connectivity index (χ1) is 6.15. The molecule has 0 aliphatic rings. The van der Waals surface area contributed by atoms with E-state index in [1.807, 2.05) is 6.07 Å². The molecule has 0 unspecified atom stereocenters. The molecule has 0 amide bonds. The summed E-state index contributed by atoms with van der Waals surface area (Å²) in [6.45, 7) is 1.76. The van der Waals surface area contributed by atoms with Crippen molar-refractivity contribution in [1.29, 1.82) is 5.26 Å². The van der Waals surface area contributed by atoms with Crippen molar-refractivity contribution in [1.82, 2.24) is 0 Å². The summed E-state index contributed by atoms with van der Waals surface area (Å²) in [6.07, 6.45) is -0.0264. The Morgan fingerprint density at radius 1 is 1.62 bits per heavy atom. The van der Waals surface area contributed by atoms with Crippen LogP contribution in [0.4, 0.5) is 0 Å². The summed E-state index contributed by atoms with van der Waals surface area (Å²) < 4.78 is 0. The van der Waals surface area contributed by atoms with Crippen molar-refractivity contribution < 1.29 is 9.90 Å². The van der Waals surface area contributed by atoms with E-state index in [1.165, 1.54) is 0 Å². The predicted molar refractivity (Wildman–Crippen MR) is 47.2 cm³/mol. The van der Waals surface area contributed by atoms with Crippen LogP contribution >= 0.6 is 0 Å². The Morgan fingerprint density at radius 3 is 2.85 bits per heavy atom. The third-order valence-corrected chi connectivity index (χ3v) is 1.91. The van der Waals surface area contributed by atoms with Crippen LogP contribution in [0.5, 0.6) is 0 Å². The zero-order chi connectivity index (χ0) is 9.84. The molecular weight excluding hydrogens is 166 g/mol. The fourth-order valence-corrected chi connectivity index (χ4v) is 1.16. The van der Waals surface area contributed by atoms with Crippen LogP contribution in [-0.4, -0.2) is 11.1 Å². The normalized spacial score (nSPS) is 9.23. The molecule has 1 aromatic carbocycles. The van der Waals surface area contributed by atoms with Crippen molar-refractivity contribution in [2.24, 2.45) is 0 Å². The van der Waals surface area contributed by atoms with Crippen molar-refractivity contribution in [3.8, 4) is 6.07 Å². The molecule has 0 spiro atoms. The summed E-state index contributed by atoms with van der Waals surface area (Å²) in [6, 6.07) is 7.12. The molecule has 13 heavy (non-hydrogen) atoms. The predicted octanol–water partition coefficient (Wildman–Crippen LogP) is 1.49. The Balaban J connectivity index is 3.10. The second kappa shape index (κ2) is 3.72. The van der Waals surface area contributed by atoms with Crippen LogP contribution in [0.3, 0.4) is 0 Å². The van der Waals surface area contributed by atoms with E-state index in [4.69, 9.17) is 10.4 Å². The highest BCUT2D eigenvalue weighted by molar-refractivity contribution is 5.71. The zero-order valence-corrected chi connectivity index (χ0v) is 7.24. The maximum Gasteiger partial charge on any atom is 0.307 e. The molecule has 0 aromatic heterocycles. The van der Waals surface area contributed by atoms with Crippen molar-refractivity contribution in [3.05, 3.63) is 34.9 Å². The molecule has 1 aromatic rings. The van der Waals surface area contributed by atoms with Gasteiger partial charge in [-0.2, -0.15) is 5.26 Å². The van der Waals surface area contributed by atoms with E-state index in [0.717, 1.165) is 5.56 Å². The molecule has 0 bridgehead atoms. The topological polar surface area (TPSA) is 61.1 Å². The molecule has 0 heterocycles. The van der Waals surface area contributed by atoms with Gasteiger partial charge < -0.3 is 5.11 Å². The number of rotatable bonds is 2. The average molecular weight is 175 g/mol. The van der Waals surface area contributed by atoms with Gasteiger partial charge in [0.2, 0.25) is 0 Å². The van der Waals surface area contributed by atoms with Crippen LogP contribution in [0.15, 0.2) is 18.2 Å². The Bertz CT molecular complexity index is 377. The number of nitrogens with zero attached hydrogens (tertiary/aromatic N) is 1. The number of hydrogen-bond acceptors (Lipinski definition) is 2. The molecule has 1 rings (SSSR count). The minimum atomic E-state index is -0.877. The molecule has 0 atom stereocenters. The fourth-order valence-electron chi connectivity index (χ4n) is 1.16. The van der Waals surface area contributed by atoms with Crippen LogP contribution in [-0.2, 0) is 11.2 Å². The van der Waals surface area contributed by atoms with Crippen LogP contribution in [0, 0.1) is 18.3 Å². The lowest BCUT2D eigenvalue weighted by Gasteiger charge is -2.03. The van der Waals surface area contributed by atoms with Crippen LogP contribution in [0.25, 0.3) is 0 Å². The Morgan fingerprint density at radius 2 is 2.31 bits per heavy atom. The Labute approximate surface area is 76.2 Å². The fraction of sp³-hybridized carbons (Fsp3) is 0.200. The number of nitriles is 1. The molecule has 0 radical (unpaired) electrons. The van der Waals surface area contributed by atoms with E-state index >= 15 is 0 Å². The molecule has 1 N–H and O–H groups in total. The van der Waals surface area contributed by atoms with Gasteiger partial charge in [-0.05, 0) is 24.1 Å². The summed E-state index contributed by atoms with van der Waals surface area (Å²) in [7, 11) is 0. The summed E-state index contributed by atoms with van der Waals surface area (Å²) >= 11 is 0. The van der Waals surface area contributed by atoms with Gasteiger partial charge in [-0.1, -0.05) is 12.1 Å². The number of aliphatic carboxylic acids is 1. The van der Waals surface area contributed by atoms with E-state index in [9.17, 15) is 4.79 Å². The lowest BCUT2D eigenvalue weighted by atomic mass is 10.0. The maximum absolute atomic E-state index is 10.4. The first kappa shape index (κ1) is 9.27. The van der Waals surface area contributed by atoms with Gasteiger partial charge in [-0.25, -0.2) is 0 Å². The quantitative estimate of drug-likeness (QED) is 0.740. The zero-order valence-electron chi connectivity index (χ0n) is 7.24. The van der Waals surface area contributed by atoms with Crippen molar-refractivity contribution in [3.63, 3.8) is 0 Å². The molecule has 0 aliphatic heterocycles. The number of carbonyl (C=O) groups is 1. The van der Waals surface area contributed by atoms with Gasteiger partial charge in [0.15, 0.2) is 0 Å². The second-order valence-corrected chi connectivity index (χ2v) is 2.77. The number of benzene rings is 1. The van der Waals surface area contributed by atoms with Gasteiger partial charge >= 0.3 is 5.97 Å². The van der Waals surface area contributed by atoms with Crippen LogP contribution in [0.1, 0.15) is 16.7 Å². The van der Waals surface area contributed by atoms with Crippen LogP contribution < -0.4 is 0 Å². The van der Waals surface area contributed by atoms with Gasteiger partial charge in [0, 0.05) is 0 Å². The third kappa shape index (κ3) is 2.06. The summed E-state index contributed by atoms with van der Waals surface area (Å²) in [4.78, 5) is 10.4.